The van der Waals surface area contributed by atoms with Gasteiger partial charge in [0.15, 0.2) is 5.78 Å². The van der Waals surface area contributed by atoms with E-state index in [-0.39, 0.29) is 5.92 Å². The molecule has 0 saturated carbocycles. The number of carbonyl (C=O) groups excluding carboxylic acids is 2. The fraction of sp³-hybridized carbons (Fsp3) is 0.375. The van der Waals surface area contributed by atoms with Crippen molar-refractivity contribution in [3.05, 3.63) is 42.0 Å². The van der Waals surface area contributed by atoms with Gasteiger partial charge in [0.2, 0.25) is 5.60 Å². The van der Waals surface area contributed by atoms with Gasteiger partial charge < -0.3 is 15.6 Å². The average Bonchev–Trinajstić information content (AvgIpc) is 3.21. The molecule has 1 aliphatic heterocycles. The second kappa shape index (κ2) is 5.79. The molecule has 2 rings (SSSR count). The molecule has 1 amide bonds. The standard InChI is InChI=1S/C16H19NO4/c1-10(2)13(19)14-16(21-14,15(17)20)12(18)9-8-11-6-4-3-5-7-11/h3-10,13-14,19H,1-2H3,(H2,17,20)/b9-8+/t13-,14-,16-/m0/s1. The molecule has 112 valence electrons. The van der Waals surface area contributed by atoms with Crippen molar-refractivity contribution in [3.8, 4) is 0 Å². The average molecular weight is 289 g/mol. The number of hydrogen-bond acceptors (Lipinski definition) is 4. The summed E-state index contributed by atoms with van der Waals surface area (Å²) in [7, 11) is 0. The maximum absolute atomic E-state index is 12.3. The van der Waals surface area contributed by atoms with Gasteiger partial charge in [-0.25, -0.2) is 0 Å². The van der Waals surface area contributed by atoms with Gasteiger partial charge in [-0.2, -0.15) is 0 Å². The Balaban J connectivity index is 2.16. The topological polar surface area (TPSA) is 92.9 Å². The smallest absolute Gasteiger partial charge is 0.260 e. The zero-order valence-corrected chi connectivity index (χ0v) is 12.0. The van der Waals surface area contributed by atoms with Gasteiger partial charge in [0, 0.05) is 0 Å². The fourth-order valence-corrected chi connectivity index (χ4v) is 2.20. The molecule has 21 heavy (non-hydrogen) atoms. The molecule has 1 heterocycles. The Kier molecular flexibility index (Phi) is 4.25. The van der Waals surface area contributed by atoms with E-state index in [0.29, 0.717) is 0 Å². The predicted octanol–water partition coefficient (Wildman–Crippen LogP) is 0.909. The summed E-state index contributed by atoms with van der Waals surface area (Å²) in [6, 6.07) is 9.20. The Bertz CT molecular complexity index is 567. The molecule has 0 unspecified atom stereocenters. The molecule has 0 spiro atoms. The minimum Gasteiger partial charge on any atom is -0.390 e. The molecule has 0 radical (unpaired) electrons. The van der Waals surface area contributed by atoms with Crippen LogP contribution in [-0.4, -0.2) is 34.6 Å². The number of aliphatic hydroxyl groups is 1. The van der Waals surface area contributed by atoms with Crippen LogP contribution < -0.4 is 5.73 Å². The van der Waals surface area contributed by atoms with Crippen molar-refractivity contribution >= 4 is 17.8 Å². The van der Waals surface area contributed by atoms with Crippen LogP contribution >= 0.6 is 0 Å². The lowest BCUT2D eigenvalue weighted by Gasteiger charge is -2.13. The van der Waals surface area contributed by atoms with Crippen LogP contribution in [0.25, 0.3) is 6.08 Å². The van der Waals surface area contributed by atoms with E-state index in [1.165, 1.54) is 6.08 Å². The van der Waals surface area contributed by atoms with Gasteiger partial charge in [0.25, 0.3) is 5.91 Å². The lowest BCUT2D eigenvalue weighted by atomic mass is 9.91. The molecular formula is C16H19NO4. The Morgan fingerprint density at radius 1 is 1.33 bits per heavy atom. The first kappa shape index (κ1) is 15.4. The summed E-state index contributed by atoms with van der Waals surface area (Å²) in [6.07, 6.45) is 1.08. The second-order valence-electron chi connectivity index (χ2n) is 5.48. The summed E-state index contributed by atoms with van der Waals surface area (Å²) in [5.41, 5.74) is 4.40. The van der Waals surface area contributed by atoms with Crippen LogP contribution in [0.4, 0.5) is 0 Å². The third-order valence-electron chi connectivity index (χ3n) is 3.61. The molecule has 1 aromatic rings. The van der Waals surface area contributed by atoms with Crippen LogP contribution in [-0.2, 0) is 14.3 Å². The van der Waals surface area contributed by atoms with Gasteiger partial charge in [0.05, 0.1) is 6.10 Å². The zero-order chi connectivity index (χ0) is 15.6. The summed E-state index contributed by atoms with van der Waals surface area (Å²) in [5.74, 6) is -1.54. The number of primary amides is 1. The summed E-state index contributed by atoms with van der Waals surface area (Å²) >= 11 is 0. The third kappa shape index (κ3) is 2.89. The molecule has 5 heteroatoms. The Hall–Kier alpha value is -1.98. The van der Waals surface area contributed by atoms with E-state index in [2.05, 4.69) is 0 Å². The van der Waals surface area contributed by atoms with Gasteiger partial charge in [-0.1, -0.05) is 50.3 Å². The Morgan fingerprint density at radius 2 is 1.95 bits per heavy atom. The van der Waals surface area contributed by atoms with E-state index in [4.69, 9.17) is 10.5 Å². The van der Waals surface area contributed by atoms with Gasteiger partial charge in [0.1, 0.15) is 6.10 Å². The van der Waals surface area contributed by atoms with Crippen molar-refractivity contribution < 1.29 is 19.4 Å². The van der Waals surface area contributed by atoms with E-state index in [1.54, 1.807) is 19.9 Å². The quantitative estimate of drug-likeness (QED) is 0.462. The number of carbonyl (C=O) groups is 2. The van der Waals surface area contributed by atoms with Gasteiger partial charge in [-0.3, -0.25) is 9.59 Å². The lowest BCUT2D eigenvalue weighted by Crippen LogP contribution is -2.44. The molecular weight excluding hydrogens is 270 g/mol. The first-order chi connectivity index (χ1) is 9.89. The van der Waals surface area contributed by atoms with Crippen LogP contribution in [0.5, 0.6) is 0 Å². The maximum atomic E-state index is 12.3. The van der Waals surface area contributed by atoms with Crippen molar-refractivity contribution in [1.82, 2.24) is 0 Å². The molecule has 3 atom stereocenters. The highest BCUT2D eigenvalue weighted by Gasteiger charge is 2.69. The van der Waals surface area contributed by atoms with Gasteiger partial charge in [-0.05, 0) is 17.6 Å². The van der Waals surface area contributed by atoms with Crippen molar-refractivity contribution in [3.63, 3.8) is 0 Å². The highest BCUT2D eigenvalue weighted by molar-refractivity contribution is 6.18. The molecule has 1 aromatic carbocycles. The second-order valence-corrected chi connectivity index (χ2v) is 5.48. The van der Waals surface area contributed by atoms with E-state index in [1.807, 2.05) is 30.3 Å². The summed E-state index contributed by atoms with van der Waals surface area (Å²) in [5, 5.41) is 9.98. The Morgan fingerprint density at radius 3 is 2.48 bits per heavy atom. The lowest BCUT2D eigenvalue weighted by molar-refractivity contribution is -0.131. The molecule has 0 aliphatic carbocycles. The van der Waals surface area contributed by atoms with Crippen molar-refractivity contribution in [2.45, 2.75) is 31.7 Å². The SMILES string of the molecule is CC(C)[C@H](O)[C@@H]1O[C@@]1(C(N)=O)C(=O)/C=C/c1ccccc1. The fourth-order valence-electron chi connectivity index (χ4n) is 2.20. The largest absolute Gasteiger partial charge is 0.390 e. The van der Waals surface area contributed by atoms with Gasteiger partial charge >= 0.3 is 0 Å². The summed E-state index contributed by atoms with van der Waals surface area (Å²) < 4.78 is 5.21. The molecule has 1 fully saturated rings. The number of hydrogen-bond donors (Lipinski definition) is 2. The molecule has 0 aromatic heterocycles. The number of ketones is 1. The number of amides is 1. The summed E-state index contributed by atoms with van der Waals surface area (Å²) in [4.78, 5) is 23.9. The van der Waals surface area contributed by atoms with E-state index < -0.39 is 29.5 Å². The molecule has 5 nitrogen and oxygen atoms in total. The molecule has 3 N–H and O–H groups in total. The highest BCUT2D eigenvalue weighted by atomic mass is 16.6. The number of rotatable bonds is 6. The predicted molar refractivity (Wildman–Crippen MR) is 78.1 cm³/mol. The number of nitrogens with two attached hydrogens (primary N) is 1. The monoisotopic (exact) mass is 289 g/mol. The highest BCUT2D eigenvalue weighted by Crippen LogP contribution is 2.42. The molecule has 1 saturated heterocycles. The van der Waals surface area contributed by atoms with Crippen LogP contribution in [0.1, 0.15) is 19.4 Å². The van der Waals surface area contributed by atoms with E-state index in [9.17, 15) is 14.7 Å². The first-order valence-corrected chi connectivity index (χ1v) is 6.83. The van der Waals surface area contributed by atoms with Crippen LogP contribution in [0.3, 0.4) is 0 Å². The minimum atomic E-state index is -1.73. The van der Waals surface area contributed by atoms with E-state index >= 15 is 0 Å². The van der Waals surface area contributed by atoms with E-state index in [0.717, 1.165) is 5.56 Å². The number of aliphatic hydroxyl groups excluding tert-OH is 1. The van der Waals surface area contributed by atoms with Crippen molar-refractivity contribution in [2.75, 3.05) is 0 Å². The number of benzene rings is 1. The van der Waals surface area contributed by atoms with Crippen LogP contribution in [0, 0.1) is 5.92 Å². The number of epoxide rings is 1. The van der Waals surface area contributed by atoms with Crippen molar-refractivity contribution in [1.29, 1.82) is 0 Å². The van der Waals surface area contributed by atoms with Crippen LogP contribution in [0.15, 0.2) is 36.4 Å². The number of ether oxygens (including phenoxy) is 1. The Labute approximate surface area is 123 Å². The third-order valence-corrected chi connectivity index (χ3v) is 3.61. The van der Waals surface area contributed by atoms with Crippen molar-refractivity contribution in [2.24, 2.45) is 11.7 Å². The minimum absolute atomic E-state index is 0.137. The molecule has 0 bridgehead atoms. The summed E-state index contributed by atoms with van der Waals surface area (Å²) in [6.45, 7) is 3.56. The molecule has 1 aliphatic rings. The zero-order valence-electron chi connectivity index (χ0n) is 12.0. The van der Waals surface area contributed by atoms with Crippen LogP contribution in [0.2, 0.25) is 0 Å². The van der Waals surface area contributed by atoms with Gasteiger partial charge in [-0.15, -0.1) is 0 Å². The first-order valence-electron chi connectivity index (χ1n) is 6.83. The normalized spacial score (nSPS) is 26.0. The maximum Gasteiger partial charge on any atom is 0.260 e.